The van der Waals surface area contributed by atoms with Gasteiger partial charge in [0.25, 0.3) is 0 Å². The van der Waals surface area contributed by atoms with Gasteiger partial charge < -0.3 is 10.4 Å². The summed E-state index contributed by atoms with van der Waals surface area (Å²) in [6.07, 6.45) is 0.409. The van der Waals surface area contributed by atoms with Gasteiger partial charge in [-0.25, -0.2) is 8.78 Å². The lowest BCUT2D eigenvalue weighted by Crippen LogP contribution is -2.30. The van der Waals surface area contributed by atoms with Gasteiger partial charge in [-0.15, -0.1) is 0 Å². The van der Waals surface area contributed by atoms with Crippen molar-refractivity contribution in [2.45, 2.75) is 18.9 Å². The second-order valence-electron chi connectivity index (χ2n) is 4.02. The van der Waals surface area contributed by atoms with Crippen LogP contribution < -0.4 is 5.32 Å². The topological polar surface area (TPSA) is 32.3 Å². The fraction of sp³-hybridized carbons (Fsp3) is 0.455. The summed E-state index contributed by atoms with van der Waals surface area (Å²) in [5.74, 6) is -1.80. The van der Waals surface area contributed by atoms with Crippen LogP contribution in [0.3, 0.4) is 0 Å². The Morgan fingerprint density at radius 3 is 2.67 bits per heavy atom. The first-order valence-electron chi connectivity index (χ1n) is 4.93. The highest BCUT2D eigenvalue weighted by Crippen LogP contribution is 2.31. The zero-order chi connectivity index (χ0) is 11.1. The van der Waals surface area contributed by atoms with Crippen molar-refractivity contribution in [1.82, 2.24) is 5.32 Å². The Balaban J connectivity index is 2.49. The minimum absolute atomic E-state index is 0.0515. The molecule has 82 valence electrons. The predicted molar refractivity (Wildman–Crippen MR) is 52.5 cm³/mol. The van der Waals surface area contributed by atoms with Crippen LogP contribution in [-0.4, -0.2) is 18.2 Å². The van der Waals surface area contributed by atoms with Gasteiger partial charge in [-0.3, -0.25) is 0 Å². The fourth-order valence-electron chi connectivity index (χ4n) is 1.91. The van der Waals surface area contributed by atoms with Gasteiger partial charge in [-0.1, -0.05) is 12.1 Å². The van der Waals surface area contributed by atoms with E-state index in [9.17, 15) is 13.9 Å². The van der Waals surface area contributed by atoms with Crippen molar-refractivity contribution >= 4 is 0 Å². The molecule has 2 nitrogen and oxygen atoms in total. The van der Waals surface area contributed by atoms with Crippen LogP contribution in [-0.2, 0) is 5.60 Å². The van der Waals surface area contributed by atoms with Gasteiger partial charge in [0.05, 0.1) is 0 Å². The normalized spacial score (nSPS) is 25.9. The Kier molecular flexibility index (Phi) is 2.48. The molecule has 1 heterocycles. The monoisotopic (exact) mass is 213 g/mol. The molecular formula is C11H13F2NO. The van der Waals surface area contributed by atoms with Gasteiger partial charge in [0, 0.05) is 12.1 Å². The SMILES string of the molecule is Cc1ccc(C2(O)CCNC2)c(F)c1F. The van der Waals surface area contributed by atoms with E-state index in [4.69, 9.17) is 0 Å². The van der Waals surface area contributed by atoms with E-state index in [-0.39, 0.29) is 17.7 Å². The molecule has 15 heavy (non-hydrogen) atoms. The number of benzene rings is 1. The number of β-amino-alcohol motifs (C(OH)–C–C–N with tert-alkyl or cyclic N) is 1. The summed E-state index contributed by atoms with van der Waals surface area (Å²) in [7, 11) is 0. The summed E-state index contributed by atoms with van der Waals surface area (Å²) in [6.45, 7) is 2.39. The Bertz CT molecular complexity index is 386. The lowest BCUT2D eigenvalue weighted by Gasteiger charge is -2.22. The lowest BCUT2D eigenvalue weighted by molar-refractivity contribution is 0.0541. The quantitative estimate of drug-likeness (QED) is 0.740. The Morgan fingerprint density at radius 1 is 1.33 bits per heavy atom. The predicted octanol–water partition coefficient (Wildman–Crippen LogP) is 1.45. The van der Waals surface area contributed by atoms with Crippen LogP contribution in [0, 0.1) is 18.6 Å². The van der Waals surface area contributed by atoms with Crippen LogP contribution in [0.5, 0.6) is 0 Å². The number of aliphatic hydroxyl groups is 1. The number of hydrogen-bond acceptors (Lipinski definition) is 2. The van der Waals surface area contributed by atoms with Crippen molar-refractivity contribution in [1.29, 1.82) is 0 Å². The van der Waals surface area contributed by atoms with Crippen LogP contribution in [0.4, 0.5) is 8.78 Å². The third kappa shape index (κ3) is 1.64. The molecular weight excluding hydrogens is 200 g/mol. The van der Waals surface area contributed by atoms with Gasteiger partial charge in [0.2, 0.25) is 0 Å². The van der Waals surface area contributed by atoms with Gasteiger partial charge in [-0.05, 0) is 25.5 Å². The number of rotatable bonds is 1. The van der Waals surface area contributed by atoms with Gasteiger partial charge in [0.15, 0.2) is 11.6 Å². The minimum Gasteiger partial charge on any atom is -0.384 e. The largest absolute Gasteiger partial charge is 0.384 e. The number of nitrogens with one attached hydrogen (secondary N) is 1. The van der Waals surface area contributed by atoms with Gasteiger partial charge in [0.1, 0.15) is 5.60 Å². The van der Waals surface area contributed by atoms with E-state index in [2.05, 4.69) is 5.32 Å². The van der Waals surface area contributed by atoms with Crippen molar-refractivity contribution in [3.05, 3.63) is 34.9 Å². The maximum Gasteiger partial charge on any atom is 0.165 e. The van der Waals surface area contributed by atoms with E-state index in [1.165, 1.54) is 19.1 Å². The molecule has 1 unspecified atom stereocenters. The molecule has 0 aromatic heterocycles. The van der Waals surface area contributed by atoms with Crippen LogP contribution in [0.2, 0.25) is 0 Å². The van der Waals surface area contributed by atoms with Crippen molar-refractivity contribution in [2.24, 2.45) is 0 Å². The highest BCUT2D eigenvalue weighted by atomic mass is 19.2. The van der Waals surface area contributed by atoms with Crippen LogP contribution >= 0.6 is 0 Å². The molecule has 1 aromatic carbocycles. The average Bonchev–Trinajstić information content (AvgIpc) is 2.62. The van der Waals surface area contributed by atoms with Gasteiger partial charge in [-0.2, -0.15) is 0 Å². The number of halogens is 2. The molecule has 0 amide bonds. The molecule has 0 spiro atoms. The lowest BCUT2D eigenvalue weighted by atomic mass is 9.91. The van der Waals surface area contributed by atoms with E-state index >= 15 is 0 Å². The third-order valence-electron chi connectivity index (χ3n) is 2.91. The molecule has 1 aromatic rings. The second kappa shape index (κ2) is 3.54. The van der Waals surface area contributed by atoms with Crippen molar-refractivity contribution < 1.29 is 13.9 Å². The minimum atomic E-state index is -1.27. The zero-order valence-corrected chi connectivity index (χ0v) is 8.48. The molecule has 2 N–H and O–H groups in total. The van der Waals surface area contributed by atoms with Crippen molar-refractivity contribution in [3.8, 4) is 0 Å². The standard InChI is InChI=1S/C11H13F2NO/c1-7-2-3-8(10(13)9(7)12)11(15)4-5-14-6-11/h2-3,14-15H,4-6H2,1H3. The summed E-state index contributed by atoms with van der Waals surface area (Å²) < 4.78 is 26.9. The maximum atomic E-state index is 13.6. The van der Waals surface area contributed by atoms with Gasteiger partial charge >= 0.3 is 0 Å². The Labute approximate surface area is 86.9 Å². The molecule has 1 fully saturated rings. The average molecular weight is 213 g/mol. The molecule has 0 aliphatic carbocycles. The summed E-state index contributed by atoms with van der Waals surface area (Å²) >= 11 is 0. The Hall–Kier alpha value is -1.00. The summed E-state index contributed by atoms with van der Waals surface area (Å²) in [5, 5.41) is 13.0. The molecule has 0 bridgehead atoms. The molecule has 0 saturated carbocycles. The van der Waals surface area contributed by atoms with E-state index in [0.29, 0.717) is 13.0 Å². The molecule has 1 aliphatic rings. The highest BCUT2D eigenvalue weighted by Gasteiger charge is 2.36. The van der Waals surface area contributed by atoms with E-state index in [1.807, 2.05) is 0 Å². The third-order valence-corrected chi connectivity index (χ3v) is 2.91. The fourth-order valence-corrected chi connectivity index (χ4v) is 1.91. The maximum absolute atomic E-state index is 13.6. The summed E-state index contributed by atoms with van der Waals surface area (Å²) in [4.78, 5) is 0. The van der Waals surface area contributed by atoms with Crippen molar-refractivity contribution in [3.63, 3.8) is 0 Å². The number of hydrogen-bond donors (Lipinski definition) is 2. The molecule has 1 atom stereocenters. The first-order valence-corrected chi connectivity index (χ1v) is 4.93. The van der Waals surface area contributed by atoms with Crippen molar-refractivity contribution in [2.75, 3.05) is 13.1 Å². The first kappa shape index (κ1) is 10.5. The van der Waals surface area contributed by atoms with Crippen LogP contribution in [0.25, 0.3) is 0 Å². The summed E-state index contributed by atoms with van der Waals surface area (Å²) in [5.41, 5.74) is -0.958. The zero-order valence-electron chi connectivity index (χ0n) is 8.48. The van der Waals surface area contributed by atoms with E-state index in [0.717, 1.165) is 0 Å². The van der Waals surface area contributed by atoms with E-state index < -0.39 is 17.2 Å². The molecule has 1 aliphatic heterocycles. The van der Waals surface area contributed by atoms with Crippen LogP contribution in [0.15, 0.2) is 12.1 Å². The molecule has 4 heteroatoms. The van der Waals surface area contributed by atoms with E-state index in [1.54, 1.807) is 0 Å². The smallest absolute Gasteiger partial charge is 0.165 e. The second-order valence-corrected chi connectivity index (χ2v) is 4.02. The molecule has 2 rings (SSSR count). The van der Waals surface area contributed by atoms with Crippen LogP contribution in [0.1, 0.15) is 17.5 Å². The molecule has 0 radical (unpaired) electrons. The number of aryl methyl sites for hydroxylation is 1. The highest BCUT2D eigenvalue weighted by molar-refractivity contribution is 5.31. The Morgan fingerprint density at radius 2 is 2.07 bits per heavy atom. The molecule has 1 saturated heterocycles. The summed E-state index contributed by atoms with van der Waals surface area (Å²) in [6, 6.07) is 2.95. The first-order chi connectivity index (χ1) is 7.04.